The van der Waals surface area contributed by atoms with Crippen molar-refractivity contribution in [2.45, 2.75) is 44.4 Å². The van der Waals surface area contributed by atoms with Gasteiger partial charge in [0.1, 0.15) is 6.10 Å². The Bertz CT molecular complexity index is 318. The summed E-state index contributed by atoms with van der Waals surface area (Å²) in [7, 11) is 0. The summed E-state index contributed by atoms with van der Waals surface area (Å²) < 4.78 is 16.5. The average molecular weight is 271 g/mol. The van der Waals surface area contributed by atoms with Crippen molar-refractivity contribution in [3.8, 4) is 0 Å². The second-order valence-electron chi connectivity index (χ2n) is 5.26. The smallest absolute Gasteiger partial charge is 0.331 e. The fraction of sp³-hybridized carbons (Fsp3) is 0.846. The molecule has 0 aromatic carbocycles. The van der Waals surface area contributed by atoms with Gasteiger partial charge < -0.3 is 19.5 Å². The first-order valence-corrected chi connectivity index (χ1v) is 6.78. The van der Waals surface area contributed by atoms with Crippen molar-refractivity contribution < 1.29 is 23.8 Å². The maximum absolute atomic E-state index is 11.7. The largest absolute Gasteiger partial charge is 0.461 e. The number of rotatable bonds is 5. The minimum atomic E-state index is -0.734. The zero-order valence-electron chi connectivity index (χ0n) is 11.2. The van der Waals surface area contributed by atoms with E-state index < -0.39 is 12.0 Å². The number of ether oxygens (including phenoxy) is 3. The summed E-state index contributed by atoms with van der Waals surface area (Å²) in [6.07, 6.45) is 3.28. The Kier molecular flexibility index (Phi) is 5.15. The Morgan fingerprint density at radius 3 is 2.89 bits per heavy atom. The van der Waals surface area contributed by atoms with Crippen LogP contribution >= 0.6 is 0 Å². The highest BCUT2D eigenvalue weighted by Crippen LogP contribution is 2.29. The summed E-state index contributed by atoms with van der Waals surface area (Å²) in [6, 6.07) is -0.734. The predicted molar refractivity (Wildman–Crippen MR) is 66.4 cm³/mol. The first-order valence-electron chi connectivity index (χ1n) is 6.78. The standard InChI is InChI=1S/C13H21NO5/c1-9-4-11(18-5-10-2-3-10)6-17-7-12(14-8-15)13(16)19-9/h8-12H,2-7H2,1H3,(H,14,15)/t9?,11?,12-/m0/s1. The molecule has 0 aromatic rings. The maximum Gasteiger partial charge on any atom is 0.331 e. The van der Waals surface area contributed by atoms with Gasteiger partial charge in [0.25, 0.3) is 0 Å². The molecule has 0 bridgehead atoms. The van der Waals surface area contributed by atoms with Gasteiger partial charge in [-0.3, -0.25) is 4.79 Å². The number of nitrogens with one attached hydrogen (secondary N) is 1. The van der Waals surface area contributed by atoms with Crippen LogP contribution in [-0.2, 0) is 23.8 Å². The van der Waals surface area contributed by atoms with Crippen LogP contribution in [0.1, 0.15) is 26.2 Å². The lowest BCUT2D eigenvalue weighted by Crippen LogP contribution is -2.41. The Labute approximate surface area is 112 Å². The van der Waals surface area contributed by atoms with Crippen LogP contribution in [0, 0.1) is 5.92 Å². The minimum Gasteiger partial charge on any atom is -0.461 e. The van der Waals surface area contributed by atoms with E-state index in [-0.39, 0.29) is 18.8 Å². The van der Waals surface area contributed by atoms with E-state index in [1.165, 1.54) is 12.8 Å². The molecule has 1 heterocycles. The molecule has 108 valence electrons. The fourth-order valence-electron chi connectivity index (χ4n) is 2.02. The van der Waals surface area contributed by atoms with E-state index >= 15 is 0 Å². The van der Waals surface area contributed by atoms with Crippen molar-refractivity contribution in [2.75, 3.05) is 19.8 Å². The minimum absolute atomic E-state index is 0.0571. The summed E-state index contributed by atoms with van der Waals surface area (Å²) in [5.41, 5.74) is 0. The van der Waals surface area contributed by atoms with Crippen LogP contribution in [0.2, 0.25) is 0 Å². The fourth-order valence-corrected chi connectivity index (χ4v) is 2.02. The zero-order valence-corrected chi connectivity index (χ0v) is 11.2. The van der Waals surface area contributed by atoms with Crippen LogP contribution in [0.15, 0.2) is 0 Å². The van der Waals surface area contributed by atoms with Gasteiger partial charge in [-0.1, -0.05) is 0 Å². The number of hydrogen-bond acceptors (Lipinski definition) is 5. The van der Waals surface area contributed by atoms with E-state index in [9.17, 15) is 9.59 Å². The lowest BCUT2D eigenvalue weighted by molar-refractivity contribution is -0.152. The third-order valence-electron chi connectivity index (χ3n) is 3.32. The Morgan fingerprint density at radius 2 is 2.21 bits per heavy atom. The second kappa shape index (κ2) is 6.86. The maximum atomic E-state index is 11.7. The summed E-state index contributed by atoms with van der Waals surface area (Å²) in [6.45, 7) is 3.12. The number of cyclic esters (lactones) is 1. The van der Waals surface area contributed by atoms with Gasteiger partial charge in [0.2, 0.25) is 6.41 Å². The van der Waals surface area contributed by atoms with Crippen LogP contribution in [0.3, 0.4) is 0 Å². The van der Waals surface area contributed by atoms with E-state index in [4.69, 9.17) is 14.2 Å². The molecular formula is C13H21NO5. The molecule has 3 atom stereocenters. The quantitative estimate of drug-likeness (QED) is 0.573. The molecule has 1 amide bonds. The molecule has 19 heavy (non-hydrogen) atoms. The van der Waals surface area contributed by atoms with Gasteiger partial charge in [-0.2, -0.15) is 0 Å². The molecular weight excluding hydrogens is 250 g/mol. The van der Waals surface area contributed by atoms with Crippen molar-refractivity contribution in [3.63, 3.8) is 0 Å². The van der Waals surface area contributed by atoms with Crippen LogP contribution in [0.25, 0.3) is 0 Å². The van der Waals surface area contributed by atoms with Gasteiger partial charge in [-0.05, 0) is 25.7 Å². The number of amides is 1. The van der Waals surface area contributed by atoms with Crippen molar-refractivity contribution in [2.24, 2.45) is 5.92 Å². The van der Waals surface area contributed by atoms with Gasteiger partial charge in [-0.15, -0.1) is 0 Å². The molecule has 2 unspecified atom stereocenters. The number of hydrogen-bond donors (Lipinski definition) is 1. The molecule has 1 aliphatic carbocycles. The van der Waals surface area contributed by atoms with Crippen molar-refractivity contribution in [1.29, 1.82) is 0 Å². The van der Waals surface area contributed by atoms with Crippen LogP contribution < -0.4 is 5.32 Å². The van der Waals surface area contributed by atoms with E-state index in [2.05, 4.69) is 5.32 Å². The van der Waals surface area contributed by atoms with E-state index in [1.54, 1.807) is 0 Å². The zero-order chi connectivity index (χ0) is 13.7. The van der Waals surface area contributed by atoms with Gasteiger partial charge in [0.05, 0.1) is 19.3 Å². The lowest BCUT2D eigenvalue weighted by atomic mass is 10.2. The number of esters is 1. The second-order valence-corrected chi connectivity index (χ2v) is 5.26. The molecule has 1 saturated heterocycles. The van der Waals surface area contributed by atoms with Gasteiger partial charge >= 0.3 is 5.97 Å². The van der Waals surface area contributed by atoms with Gasteiger partial charge in [0, 0.05) is 13.0 Å². The molecule has 1 N–H and O–H groups in total. The van der Waals surface area contributed by atoms with Crippen LogP contribution in [0.5, 0.6) is 0 Å². The molecule has 0 radical (unpaired) electrons. The van der Waals surface area contributed by atoms with Gasteiger partial charge in [-0.25, -0.2) is 4.79 Å². The van der Waals surface area contributed by atoms with E-state index in [1.807, 2.05) is 6.92 Å². The Hall–Kier alpha value is -1.14. The third kappa shape index (κ3) is 4.80. The summed E-state index contributed by atoms with van der Waals surface area (Å²) in [5.74, 6) is 0.234. The van der Waals surface area contributed by atoms with E-state index in [0.29, 0.717) is 25.4 Å². The Morgan fingerprint density at radius 1 is 1.42 bits per heavy atom. The molecule has 2 fully saturated rings. The van der Waals surface area contributed by atoms with Crippen LogP contribution in [-0.4, -0.2) is 50.4 Å². The SMILES string of the molecule is CC1CC(OCC2CC2)COC[C@H](NC=O)C(=O)O1. The summed E-state index contributed by atoms with van der Waals surface area (Å²) in [5, 5.41) is 2.40. The molecule has 1 aliphatic heterocycles. The van der Waals surface area contributed by atoms with Crippen molar-refractivity contribution >= 4 is 12.4 Å². The first kappa shape index (κ1) is 14.3. The van der Waals surface area contributed by atoms with Crippen LogP contribution in [0.4, 0.5) is 0 Å². The highest BCUT2D eigenvalue weighted by Gasteiger charge is 2.28. The molecule has 2 rings (SSSR count). The average Bonchev–Trinajstić information content (AvgIpc) is 3.17. The van der Waals surface area contributed by atoms with Crippen molar-refractivity contribution in [3.05, 3.63) is 0 Å². The molecule has 1 saturated carbocycles. The normalized spacial score (nSPS) is 32.7. The molecule has 6 nitrogen and oxygen atoms in total. The lowest BCUT2D eigenvalue weighted by Gasteiger charge is -2.20. The Balaban J connectivity index is 1.85. The topological polar surface area (TPSA) is 73.9 Å². The molecule has 0 aromatic heterocycles. The van der Waals surface area contributed by atoms with E-state index in [0.717, 1.165) is 6.61 Å². The number of carbonyl (C=O) groups excluding carboxylic acids is 2. The molecule has 2 aliphatic rings. The van der Waals surface area contributed by atoms with Crippen molar-refractivity contribution in [1.82, 2.24) is 5.32 Å². The highest BCUT2D eigenvalue weighted by atomic mass is 16.6. The molecule has 6 heteroatoms. The monoisotopic (exact) mass is 271 g/mol. The first-order chi connectivity index (χ1) is 9.19. The third-order valence-corrected chi connectivity index (χ3v) is 3.32. The number of carbonyl (C=O) groups is 2. The molecule has 0 spiro atoms. The summed E-state index contributed by atoms with van der Waals surface area (Å²) >= 11 is 0. The predicted octanol–water partition coefficient (Wildman–Crippen LogP) is 0.248. The summed E-state index contributed by atoms with van der Waals surface area (Å²) in [4.78, 5) is 22.2. The highest BCUT2D eigenvalue weighted by molar-refractivity contribution is 5.78. The van der Waals surface area contributed by atoms with Gasteiger partial charge in [0.15, 0.2) is 6.04 Å².